The van der Waals surface area contributed by atoms with Gasteiger partial charge in [0.2, 0.25) is 5.91 Å². The van der Waals surface area contributed by atoms with Gasteiger partial charge in [-0.2, -0.15) is 0 Å². The van der Waals surface area contributed by atoms with E-state index in [-0.39, 0.29) is 23.9 Å². The van der Waals surface area contributed by atoms with Gasteiger partial charge >= 0.3 is 0 Å². The highest BCUT2D eigenvalue weighted by Gasteiger charge is 2.38. The number of carbonyl (C=O) groups excluding carboxylic acids is 2. The zero-order valence-corrected chi connectivity index (χ0v) is 20.9. The second-order valence-corrected chi connectivity index (χ2v) is 9.34. The SMILES string of the molecule is COc1ccc(C(=O)N2c3ccccc3[C@H](N(C(C)=O)c3ccc(N4C=CCC4)cc3)C[C@@H]2C)cc1. The number of amides is 2. The highest BCUT2D eigenvalue weighted by molar-refractivity contribution is 6.07. The second-order valence-electron chi connectivity index (χ2n) is 9.34. The molecule has 0 saturated heterocycles. The highest BCUT2D eigenvalue weighted by atomic mass is 16.5. The molecular formula is C30H31N3O3. The summed E-state index contributed by atoms with van der Waals surface area (Å²) in [5, 5.41) is 0. The summed E-state index contributed by atoms with van der Waals surface area (Å²) >= 11 is 0. The van der Waals surface area contributed by atoms with Crippen molar-refractivity contribution in [2.45, 2.75) is 38.8 Å². The van der Waals surface area contributed by atoms with Gasteiger partial charge in [-0.05, 0) is 79.9 Å². The van der Waals surface area contributed by atoms with Crippen LogP contribution in [0.4, 0.5) is 17.1 Å². The number of carbonyl (C=O) groups is 2. The number of nitrogens with zero attached hydrogens (tertiary/aromatic N) is 3. The van der Waals surface area contributed by atoms with Gasteiger partial charge in [0.05, 0.1) is 13.2 Å². The third kappa shape index (κ3) is 4.35. The van der Waals surface area contributed by atoms with Crippen molar-refractivity contribution in [2.24, 2.45) is 0 Å². The van der Waals surface area contributed by atoms with Crippen LogP contribution in [0, 0.1) is 0 Å². The molecule has 2 amide bonds. The van der Waals surface area contributed by atoms with E-state index in [9.17, 15) is 9.59 Å². The Labute approximate surface area is 212 Å². The van der Waals surface area contributed by atoms with E-state index >= 15 is 0 Å². The Morgan fingerprint density at radius 1 is 0.972 bits per heavy atom. The van der Waals surface area contributed by atoms with Crippen molar-refractivity contribution in [3.63, 3.8) is 0 Å². The Balaban J connectivity index is 1.49. The van der Waals surface area contributed by atoms with E-state index in [4.69, 9.17) is 4.74 Å². The first kappa shape index (κ1) is 23.7. The van der Waals surface area contributed by atoms with Gasteiger partial charge in [0.15, 0.2) is 0 Å². The third-order valence-electron chi connectivity index (χ3n) is 7.05. The number of anilines is 3. The number of hydrogen-bond donors (Lipinski definition) is 0. The molecule has 0 spiro atoms. The van der Waals surface area contributed by atoms with Crippen LogP contribution in [0.2, 0.25) is 0 Å². The van der Waals surface area contributed by atoms with Gasteiger partial charge in [-0.25, -0.2) is 0 Å². The molecule has 0 aliphatic carbocycles. The smallest absolute Gasteiger partial charge is 0.258 e. The Hall–Kier alpha value is -4.06. The van der Waals surface area contributed by atoms with Crippen LogP contribution in [-0.2, 0) is 4.79 Å². The lowest BCUT2D eigenvalue weighted by molar-refractivity contribution is -0.117. The maximum atomic E-state index is 13.6. The molecular weight excluding hydrogens is 450 g/mol. The normalized spacial score (nSPS) is 18.6. The molecule has 0 N–H and O–H groups in total. The summed E-state index contributed by atoms with van der Waals surface area (Å²) in [6.07, 6.45) is 5.94. The maximum Gasteiger partial charge on any atom is 0.258 e. The van der Waals surface area contributed by atoms with Crippen molar-refractivity contribution < 1.29 is 14.3 Å². The average Bonchev–Trinajstić information content (AvgIpc) is 3.44. The molecule has 0 bridgehead atoms. The van der Waals surface area contributed by atoms with Crippen LogP contribution in [0.3, 0.4) is 0 Å². The summed E-state index contributed by atoms with van der Waals surface area (Å²) in [6, 6.07) is 23.0. The van der Waals surface area contributed by atoms with Crippen molar-refractivity contribution in [3.05, 3.63) is 96.2 Å². The molecule has 36 heavy (non-hydrogen) atoms. The molecule has 184 valence electrons. The molecule has 0 radical (unpaired) electrons. The maximum absolute atomic E-state index is 13.6. The third-order valence-corrected chi connectivity index (χ3v) is 7.05. The minimum Gasteiger partial charge on any atom is -0.497 e. The number of benzene rings is 3. The van der Waals surface area contributed by atoms with Crippen LogP contribution in [0.15, 0.2) is 85.1 Å². The molecule has 3 aromatic carbocycles. The van der Waals surface area contributed by atoms with E-state index in [1.165, 1.54) is 0 Å². The average molecular weight is 482 g/mol. The van der Waals surface area contributed by atoms with Gasteiger partial charge < -0.3 is 19.4 Å². The van der Waals surface area contributed by atoms with Gasteiger partial charge in [0.1, 0.15) is 5.75 Å². The molecule has 0 fully saturated rings. The Morgan fingerprint density at radius 2 is 1.69 bits per heavy atom. The van der Waals surface area contributed by atoms with Gasteiger partial charge in [-0.15, -0.1) is 0 Å². The van der Waals surface area contributed by atoms with Crippen molar-refractivity contribution in [3.8, 4) is 5.75 Å². The van der Waals surface area contributed by atoms with E-state index in [2.05, 4.69) is 29.3 Å². The molecule has 5 rings (SSSR count). The predicted octanol–water partition coefficient (Wildman–Crippen LogP) is 5.95. The molecule has 3 aromatic rings. The van der Waals surface area contributed by atoms with E-state index in [1.54, 1.807) is 38.3 Å². The van der Waals surface area contributed by atoms with E-state index in [1.807, 2.05) is 53.1 Å². The minimum absolute atomic E-state index is 0.0225. The minimum atomic E-state index is -0.175. The van der Waals surface area contributed by atoms with Gasteiger partial charge in [-0.1, -0.05) is 24.3 Å². The van der Waals surface area contributed by atoms with Gasteiger partial charge in [0, 0.05) is 48.3 Å². The van der Waals surface area contributed by atoms with Crippen LogP contribution in [-0.4, -0.2) is 31.5 Å². The van der Waals surface area contributed by atoms with Gasteiger partial charge in [0.25, 0.3) is 5.91 Å². The summed E-state index contributed by atoms with van der Waals surface area (Å²) in [4.78, 5) is 32.6. The zero-order valence-electron chi connectivity index (χ0n) is 20.9. The fourth-order valence-electron chi connectivity index (χ4n) is 5.30. The number of fused-ring (bicyclic) bond motifs is 1. The number of ether oxygens (including phenoxy) is 1. The van der Waals surface area contributed by atoms with Crippen LogP contribution >= 0.6 is 0 Å². The summed E-state index contributed by atoms with van der Waals surface area (Å²) in [6.45, 7) is 4.63. The van der Waals surface area contributed by atoms with Crippen LogP contribution in [0.25, 0.3) is 0 Å². The fourth-order valence-corrected chi connectivity index (χ4v) is 5.30. The highest BCUT2D eigenvalue weighted by Crippen LogP contribution is 2.43. The van der Waals surface area contributed by atoms with Crippen molar-refractivity contribution in [2.75, 3.05) is 28.4 Å². The van der Waals surface area contributed by atoms with Crippen LogP contribution in [0.5, 0.6) is 5.75 Å². The molecule has 6 heteroatoms. The summed E-state index contributed by atoms with van der Waals surface area (Å²) in [5.41, 5.74) is 4.39. The first-order valence-electron chi connectivity index (χ1n) is 12.4. The summed E-state index contributed by atoms with van der Waals surface area (Å²) < 4.78 is 5.24. The van der Waals surface area contributed by atoms with Crippen LogP contribution < -0.4 is 19.4 Å². The van der Waals surface area contributed by atoms with Crippen molar-refractivity contribution in [1.82, 2.24) is 0 Å². The molecule has 2 atom stereocenters. The lowest BCUT2D eigenvalue weighted by atomic mass is 9.89. The monoisotopic (exact) mass is 481 g/mol. The van der Waals surface area contributed by atoms with E-state index in [0.717, 1.165) is 35.6 Å². The number of methoxy groups -OCH3 is 1. The molecule has 0 aromatic heterocycles. The molecule has 0 unspecified atom stereocenters. The lowest BCUT2D eigenvalue weighted by Crippen LogP contribution is -2.47. The lowest BCUT2D eigenvalue weighted by Gasteiger charge is -2.43. The van der Waals surface area contributed by atoms with Crippen molar-refractivity contribution in [1.29, 1.82) is 0 Å². The Bertz CT molecular complexity index is 1280. The topological polar surface area (TPSA) is 53.1 Å². The molecule has 2 aliphatic rings. The second kappa shape index (κ2) is 9.90. The number of rotatable bonds is 5. The Kier molecular flexibility index (Phi) is 6.51. The summed E-state index contributed by atoms with van der Waals surface area (Å²) in [7, 11) is 1.61. The molecule has 2 aliphatic heterocycles. The first-order valence-corrected chi connectivity index (χ1v) is 12.4. The predicted molar refractivity (Wildman–Crippen MR) is 144 cm³/mol. The van der Waals surface area contributed by atoms with Gasteiger partial charge in [-0.3, -0.25) is 9.59 Å². The standard InChI is InChI=1S/C30H31N3O3/c1-21-20-29(33(22(2)34)25-14-12-24(13-15-25)31-18-6-7-19-31)27-8-4-5-9-28(27)32(21)30(35)23-10-16-26(36-3)17-11-23/h4-6,8-18,21,29H,7,19-20H2,1-3H3/t21-,29+/m0/s1. The van der Waals surface area contributed by atoms with Crippen LogP contribution in [0.1, 0.15) is 48.7 Å². The quantitative estimate of drug-likeness (QED) is 0.452. The fraction of sp³-hybridized carbons (Fsp3) is 0.267. The first-order chi connectivity index (χ1) is 17.5. The summed E-state index contributed by atoms with van der Waals surface area (Å²) in [5.74, 6) is 0.627. The van der Waals surface area contributed by atoms with Crippen molar-refractivity contribution >= 4 is 28.9 Å². The molecule has 2 heterocycles. The number of hydrogen-bond acceptors (Lipinski definition) is 4. The Morgan fingerprint density at radius 3 is 2.33 bits per heavy atom. The number of para-hydroxylation sites is 1. The largest absolute Gasteiger partial charge is 0.497 e. The zero-order chi connectivity index (χ0) is 25.2. The molecule has 0 saturated carbocycles. The molecule has 6 nitrogen and oxygen atoms in total. The van der Waals surface area contributed by atoms with E-state index in [0.29, 0.717) is 17.7 Å². The van der Waals surface area contributed by atoms with E-state index < -0.39 is 0 Å².